The van der Waals surface area contributed by atoms with Crippen molar-refractivity contribution in [3.8, 4) is 5.75 Å². The second-order valence-electron chi connectivity index (χ2n) is 5.36. The molecule has 0 saturated carbocycles. The van der Waals surface area contributed by atoms with E-state index in [0.717, 1.165) is 5.56 Å². The van der Waals surface area contributed by atoms with Gasteiger partial charge in [0.05, 0.1) is 17.6 Å². The molecule has 1 aromatic heterocycles. The summed E-state index contributed by atoms with van der Waals surface area (Å²) in [7, 11) is -2.41. The molecular formula is C17H16N2O4S. The number of nitrogens with one attached hydrogen (secondary N) is 2. The van der Waals surface area contributed by atoms with Crippen molar-refractivity contribution in [2.45, 2.75) is 11.8 Å². The van der Waals surface area contributed by atoms with E-state index in [1.54, 1.807) is 30.3 Å². The van der Waals surface area contributed by atoms with Gasteiger partial charge >= 0.3 is 0 Å². The number of methoxy groups -OCH3 is 1. The van der Waals surface area contributed by atoms with Crippen molar-refractivity contribution in [1.29, 1.82) is 0 Å². The smallest absolute Gasteiger partial charge is 0.267 e. The molecule has 3 rings (SSSR count). The molecule has 0 aliphatic heterocycles. The summed E-state index contributed by atoms with van der Waals surface area (Å²) in [5.74, 6) is -0.118. The van der Waals surface area contributed by atoms with E-state index in [4.69, 9.17) is 4.74 Å². The number of amides is 1. The number of hydrogen-bond donors (Lipinski definition) is 2. The zero-order valence-electron chi connectivity index (χ0n) is 13.2. The molecule has 6 nitrogen and oxygen atoms in total. The second kappa shape index (κ2) is 6.01. The lowest BCUT2D eigenvalue weighted by molar-refractivity contribution is 0.0983. The van der Waals surface area contributed by atoms with Crippen molar-refractivity contribution in [2.24, 2.45) is 0 Å². The molecule has 0 bridgehead atoms. The molecule has 0 radical (unpaired) electrons. The fourth-order valence-electron chi connectivity index (χ4n) is 2.37. The fraction of sp³-hybridized carbons (Fsp3) is 0.118. The van der Waals surface area contributed by atoms with Crippen LogP contribution in [0.3, 0.4) is 0 Å². The van der Waals surface area contributed by atoms with Crippen molar-refractivity contribution < 1.29 is 17.9 Å². The van der Waals surface area contributed by atoms with E-state index in [-0.39, 0.29) is 10.5 Å². The summed E-state index contributed by atoms with van der Waals surface area (Å²) in [5, 5.41) is 0.589. The zero-order valence-corrected chi connectivity index (χ0v) is 14.0. The monoisotopic (exact) mass is 344 g/mol. The number of H-pyrrole nitrogens is 1. The molecular weight excluding hydrogens is 328 g/mol. The lowest BCUT2D eigenvalue weighted by Crippen LogP contribution is -2.30. The highest BCUT2D eigenvalue weighted by Gasteiger charge is 2.21. The number of fused-ring (bicyclic) bond motifs is 1. The van der Waals surface area contributed by atoms with Crippen molar-refractivity contribution in [1.82, 2.24) is 9.71 Å². The number of ether oxygens (including phenoxy) is 1. The van der Waals surface area contributed by atoms with E-state index in [9.17, 15) is 13.2 Å². The summed E-state index contributed by atoms with van der Waals surface area (Å²) in [6.45, 7) is 1.86. The van der Waals surface area contributed by atoms with Crippen molar-refractivity contribution in [2.75, 3.05) is 7.11 Å². The first-order valence-corrected chi connectivity index (χ1v) is 8.68. The SMILES string of the molecule is COc1ccc2[nH]cc(C(=O)NS(=O)(=O)c3ccc(C)cc3)c2c1. The summed E-state index contributed by atoms with van der Waals surface area (Å²) in [5.41, 5.74) is 1.89. The Morgan fingerprint density at radius 1 is 1.12 bits per heavy atom. The number of aromatic nitrogens is 1. The summed E-state index contributed by atoms with van der Waals surface area (Å²) in [6, 6.07) is 11.5. The first-order chi connectivity index (χ1) is 11.4. The molecule has 0 unspecified atom stereocenters. The molecule has 0 aliphatic carbocycles. The fourth-order valence-corrected chi connectivity index (χ4v) is 3.33. The molecule has 0 fully saturated rings. The molecule has 124 valence electrons. The Kier molecular flexibility index (Phi) is 4.02. The number of rotatable bonds is 4. The summed E-state index contributed by atoms with van der Waals surface area (Å²) < 4.78 is 31.9. The van der Waals surface area contributed by atoms with Crippen LogP contribution in [0.25, 0.3) is 10.9 Å². The van der Waals surface area contributed by atoms with E-state index in [1.807, 2.05) is 6.92 Å². The molecule has 0 saturated heterocycles. The predicted octanol–water partition coefficient (Wildman–Crippen LogP) is 2.60. The molecule has 1 amide bonds. The maximum Gasteiger partial charge on any atom is 0.267 e. The van der Waals surface area contributed by atoms with Crippen LogP contribution in [0.2, 0.25) is 0 Å². The van der Waals surface area contributed by atoms with Crippen LogP contribution in [0.4, 0.5) is 0 Å². The first kappa shape index (κ1) is 16.1. The number of benzene rings is 2. The third kappa shape index (κ3) is 2.98. The number of hydrogen-bond acceptors (Lipinski definition) is 4. The lowest BCUT2D eigenvalue weighted by atomic mass is 10.1. The summed E-state index contributed by atoms with van der Waals surface area (Å²) in [6.07, 6.45) is 1.48. The molecule has 0 aliphatic rings. The van der Waals surface area contributed by atoms with Crippen LogP contribution in [0, 0.1) is 6.92 Å². The van der Waals surface area contributed by atoms with Crippen molar-refractivity contribution in [3.05, 3.63) is 59.8 Å². The van der Waals surface area contributed by atoms with E-state index < -0.39 is 15.9 Å². The number of sulfonamides is 1. The Hall–Kier alpha value is -2.80. The molecule has 24 heavy (non-hydrogen) atoms. The van der Waals surface area contributed by atoms with Crippen LogP contribution >= 0.6 is 0 Å². The van der Waals surface area contributed by atoms with Gasteiger partial charge in [-0.1, -0.05) is 17.7 Å². The minimum Gasteiger partial charge on any atom is -0.497 e. The van der Waals surface area contributed by atoms with E-state index >= 15 is 0 Å². The third-order valence-electron chi connectivity index (χ3n) is 3.69. The van der Waals surface area contributed by atoms with Crippen LogP contribution in [-0.2, 0) is 10.0 Å². The number of aromatic amines is 1. The minimum absolute atomic E-state index is 0.0406. The lowest BCUT2D eigenvalue weighted by Gasteiger charge is -2.07. The Morgan fingerprint density at radius 2 is 1.83 bits per heavy atom. The molecule has 0 atom stereocenters. The van der Waals surface area contributed by atoms with Gasteiger partial charge in [0.2, 0.25) is 0 Å². The minimum atomic E-state index is -3.93. The predicted molar refractivity (Wildman–Crippen MR) is 90.7 cm³/mol. The quantitative estimate of drug-likeness (QED) is 0.761. The van der Waals surface area contributed by atoms with Gasteiger partial charge in [0, 0.05) is 17.1 Å². The van der Waals surface area contributed by atoms with Gasteiger partial charge in [-0.05, 0) is 37.3 Å². The van der Waals surface area contributed by atoms with E-state index in [1.165, 1.54) is 25.4 Å². The molecule has 2 aromatic carbocycles. The van der Waals surface area contributed by atoms with Crippen molar-refractivity contribution >= 4 is 26.8 Å². The second-order valence-corrected chi connectivity index (χ2v) is 7.04. The summed E-state index contributed by atoms with van der Waals surface area (Å²) in [4.78, 5) is 15.4. The molecule has 3 aromatic rings. The number of aryl methyl sites for hydroxylation is 1. The maximum atomic E-state index is 12.4. The van der Waals surface area contributed by atoms with E-state index in [0.29, 0.717) is 16.7 Å². The zero-order chi connectivity index (χ0) is 17.3. The average molecular weight is 344 g/mol. The highest BCUT2D eigenvalue weighted by molar-refractivity contribution is 7.90. The normalized spacial score (nSPS) is 11.4. The Labute approximate surface area is 139 Å². The highest BCUT2D eigenvalue weighted by Crippen LogP contribution is 2.24. The third-order valence-corrected chi connectivity index (χ3v) is 5.04. The Morgan fingerprint density at radius 3 is 2.50 bits per heavy atom. The largest absolute Gasteiger partial charge is 0.497 e. The summed E-state index contributed by atoms with van der Waals surface area (Å²) >= 11 is 0. The van der Waals surface area contributed by atoms with Gasteiger partial charge < -0.3 is 9.72 Å². The van der Waals surface area contributed by atoms with Gasteiger partial charge in [-0.2, -0.15) is 0 Å². The van der Waals surface area contributed by atoms with Gasteiger partial charge in [-0.15, -0.1) is 0 Å². The molecule has 7 heteroatoms. The van der Waals surface area contributed by atoms with Gasteiger partial charge in [0.15, 0.2) is 0 Å². The van der Waals surface area contributed by atoms with Gasteiger partial charge in [0.25, 0.3) is 15.9 Å². The van der Waals surface area contributed by atoms with Crippen LogP contribution in [0.15, 0.2) is 53.6 Å². The molecule has 2 N–H and O–H groups in total. The van der Waals surface area contributed by atoms with Gasteiger partial charge in [-0.25, -0.2) is 13.1 Å². The van der Waals surface area contributed by atoms with Crippen LogP contribution in [0.5, 0.6) is 5.75 Å². The molecule has 1 heterocycles. The van der Waals surface area contributed by atoms with Crippen LogP contribution < -0.4 is 9.46 Å². The maximum absolute atomic E-state index is 12.4. The first-order valence-electron chi connectivity index (χ1n) is 7.19. The molecule has 0 spiro atoms. The standard InChI is InChI=1S/C17H16N2O4S/c1-11-3-6-13(7-4-11)24(21,22)19-17(20)15-10-18-16-8-5-12(23-2)9-14(15)16/h3-10,18H,1-2H3,(H,19,20). The van der Waals surface area contributed by atoms with Crippen LogP contribution in [-0.4, -0.2) is 26.4 Å². The topological polar surface area (TPSA) is 88.3 Å². The van der Waals surface area contributed by atoms with Gasteiger partial charge in [0.1, 0.15) is 5.75 Å². The Bertz CT molecular complexity index is 1000. The number of carbonyl (C=O) groups is 1. The van der Waals surface area contributed by atoms with Crippen LogP contribution in [0.1, 0.15) is 15.9 Å². The van der Waals surface area contributed by atoms with Crippen molar-refractivity contribution in [3.63, 3.8) is 0 Å². The number of carbonyl (C=O) groups excluding carboxylic acids is 1. The highest BCUT2D eigenvalue weighted by atomic mass is 32.2. The van der Waals surface area contributed by atoms with E-state index in [2.05, 4.69) is 9.71 Å². The Balaban J connectivity index is 1.93. The average Bonchev–Trinajstić information content (AvgIpc) is 2.97. The van der Waals surface area contributed by atoms with Gasteiger partial charge in [-0.3, -0.25) is 4.79 Å².